The number of hydrogen-bond acceptors (Lipinski definition) is 5. The van der Waals surface area contributed by atoms with Crippen molar-refractivity contribution in [1.29, 1.82) is 0 Å². The molecule has 0 heterocycles. The van der Waals surface area contributed by atoms with E-state index in [1.54, 1.807) is 7.11 Å². The van der Waals surface area contributed by atoms with E-state index in [2.05, 4.69) is 41.5 Å². The predicted molar refractivity (Wildman–Crippen MR) is 137 cm³/mol. The number of Topliss-reactive ketones (excluding diaryl/α,β-unsaturated/α-hetero) is 1. The number of carbonyl (C=O) groups is 2. The summed E-state index contributed by atoms with van der Waals surface area (Å²) in [6, 6.07) is 0. The largest absolute Gasteiger partial charge is 0.461 e. The average Bonchev–Trinajstić information content (AvgIpc) is 2.78. The summed E-state index contributed by atoms with van der Waals surface area (Å²) in [6.45, 7) is 13.5. The molecule has 0 aromatic carbocycles. The van der Waals surface area contributed by atoms with Crippen molar-refractivity contribution in [2.75, 3.05) is 7.11 Å². The SMILES string of the molecule is CO[C@@]1(O[C@@H]2C[C@H](C)CC[C@H]2C(C)C)C[C@@H]2C(=O)CCC[C@@]21C(=O)O[C@@H]1C[C@H](C)CC[C@H]1C(C)C. The zero-order valence-electron chi connectivity index (χ0n) is 23.3. The zero-order valence-corrected chi connectivity index (χ0v) is 23.3. The zero-order chi connectivity index (χ0) is 25.5. The van der Waals surface area contributed by atoms with Gasteiger partial charge in [0.15, 0.2) is 5.79 Å². The van der Waals surface area contributed by atoms with Crippen LogP contribution in [0.4, 0.5) is 0 Å². The van der Waals surface area contributed by atoms with E-state index in [4.69, 9.17) is 14.2 Å². The molecule has 9 atom stereocenters. The maximum atomic E-state index is 14.2. The molecule has 0 saturated heterocycles. The first-order chi connectivity index (χ1) is 16.5. The van der Waals surface area contributed by atoms with Gasteiger partial charge in [0.1, 0.15) is 17.3 Å². The normalized spacial score (nSPS) is 44.1. The molecule has 5 nitrogen and oxygen atoms in total. The Balaban J connectivity index is 1.64. The molecule has 200 valence electrons. The van der Waals surface area contributed by atoms with Crippen LogP contribution in [-0.2, 0) is 23.8 Å². The first kappa shape index (κ1) is 27.1. The Kier molecular flexibility index (Phi) is 8.08. The van der Waals surface area contributed by atoms with E-state index in [0.29, 0.717) is 61.2 Å². The fourth-order valence-corrected chi connectivity index (χ4v) is 8.08. The second kappa shape index (κ2) is 10.4. The summed E-state index contributed by atoms with van der Waals surface area (Å²) < 4.78 is 19.6. The van der Waals surface area contributed by atoms with Gasteiger partial charge in [-0.2, -0.15) is 0 Å². The van der Waals surface area contributed by atoms with Crippen LogP contribution in [0.2, 0.25) is 0 Å². The van der Waals surface area contributed by atoms with E-state index in [9.17, 15) is 9.59 Å². The fraction of sp³-hybridized carbons (Fsp3) is 0.933. The van der Waals surface area contributed by atoms with Gasteiger partial charge in [0.25, 0.3) is 0 Å². The molecule has 0 aliphatic heterocycles. The van der Waals surface area contributed by atoms with E-state index in [1.807, 2.05) is 0 Å². The van der Waals surface area contributed by atoms with Gasteiger partial charge in [-0.1, -0.05) is 54.4 Å². The van der Waals surface area contributed by atoms with E-state index >= 15 is 0 Å². The van der Waals surface area contributed by atoms with Crippen LogP contribution < -0.4 is 0 Å². The number of ketones is 1. The van der Waals surface area contributed by atoms with Gasteiger partial charge in [0.2, 0.25) is 0 Å². The highest BCUT2D eigenvalue weighted by Gasteiger charge is 2.76. The Morgan fingerprint density at radius 3 is 2.06 bits per heavy atom. The third-order valence-corrected chi connectivity index (χ3v) is 10.3. The standard InChI is InChI=1S/C30H50O5/c1-18(2)22-12-10-20(5)15-26(22)34-28(32)29-14-8-9-25(31)24(29)17-30(29,33-7)35-27-16-21(6)11-13-23(27)19(3)4/h18-24,26-27H,8-17H2,1-7H3/t20-,21-,22+,23+,24-,26-,27-,29+,30-/m1/s1. The summed E-state index contributed by atoms with van der Waals surface area (Å²) in [7, 11) is 1.67. The highest BCUT2D eigenvalue weighted by atomic mass is 16.7. The third kappa shape index (κ3) is 4.74. The molecule has 0 aromatic heterocycles. The molecule has 5 heteroatoms. The molecule has 0 aromatic rings. The van der Waals surface area contributed by atoms with E-state index < -0.39 is 11.2 Å². The van der Waals surface area contributed by atoms with E-state index in [-0.39, 0.29) is 29.9 Å². The first-order valence-electron chi connectivity index (χ1n) is 14.5. The van der Waals surface area contributed by atoms with Crippen LogP contribution >= 0.6 is 0 Å². The van der Waals surface area contributed by atoms with Gasteiger partial charge in [-0.05, 0) is 74.0 Å². The molecule has 0 N–H and O–H groups in total. The minimum Gasteiger partial charge on any atom is -0.461 e. The minimum absolute atomic E-state index is 0.0412. The van der Waals surface area contributed by atoms with Crippen molar-refractivity contribution < 1.29 is 23.8 Å². The highest BCUT2D eigenvalue weighted by molar-refractivity contribution is 5.93. The molecule has 4 aliphatic rings. The Morgan fingerprint density at radius 1 is 0.914 bits per heavy atom. The van der Waals surface area contributed by atoms with Crippen LogP contribution in [0.3, 0.4) is 0 Å². The molecular formula is C30H50O5. The summed E-state index contributed by atoms with van der Waals surface area (Å²) in [5, 5.41) is 0. The van der Waals surface area contributed by atoms with Crippen molar-refractivity contribution in [3.63, 3.8) is 0 Å². The number of esters is 1. The summed E-state index contributed by atoms with van der Waals surface area (Å²) in [5.74, 6) is 1.44. The van der Waals surface area contributed by atoms with Crippen LogP contribution in [0.1, 0.15) is 106 Å². The number of fused-ring (bicyclic) bond motifs is 1. The van der Waals surface area contributed by atoms with Gasteiger partial charge in [-0.3, -0.25) is 9.59 Å². The van der Waals surface area contributed by atoms with Crippen LogP contribution in [0.5, 0.6) is 0 Å². The number of hydrogen-bond donors (Lipinski definition) is 0. The topological polar surface area (TPSA) is 61.8 Å². The Bertz CT molecular complexity index is 777. The van der Waals surface area contributed by atoms with Crippen molar-refractivity contribution in [2.45, 2.75) is 124 Å². The molecule has 4 saturated carbocycles. The second-order valence-electron chi connectivity index (χ2n) is 13.3. The lowest BCUT2D eigenvalue weighted by Gasteiger charge is -2.63. The van der Waals surface area contributed by atoms with Crippen LogP contribution in [0, 0.1) is 46.8 Å². The summed E-state index contributed by atoms with van der Waals surface area (Å²) in [6.07, 6.45) is 8.79. The third-order valence-electron chi connectivity index (χ3n) is 10.3. The van der Waals surface area contributed by atoms with Crippen molar-refractivity contribution >= 4 is 11.8 Å². The first-order valence-corrected chi connectivity index (χ1v) is 14.5. The van der Waals surface area contributed by atoms with Crippen molar-refractivity contribution in [3.05, 3.63) is 0 Å². The summed E-state index contributed by atoms with van der Waals surface area (Å²) >= 11 is 0. The van der Waals surface area contributed by atoms with Gasteiger partial charge in [-0.15, -0.1) is 0 Å². The molecule has 0 amide bonds. The predicted octanol–water partition coefficient (Wildman–Crippen LogP) is 6.57. The van der Waals surface area contributed by atoms with E-state index in [1.165, 1.54) is 12.8 Å². The average molecular weight is 491 g/mol. The summed E-state index contributed by atoms with van der Waals surface area (Å²) in [4.78, 5) is 27.3. The lowest BCUT2D eigenvalue weighted by Crippen LogP contribution is -2.74. The maximum Gasteiger partial charge on any atom is 0.318 e. The molecule has 0 spiro atoms. The lowest BCUT2D eigenvalue weighted by atomic mass is 9.48. The highest BCUT2D eigenvalue weighted by Crippen LogP contribution is 2.64. The van der Waals surface area contributed by atoms with Crippen molar-refractivity contribution in [3.8, 4) is 0 Å². The van der Waals surface area contributed by atoms with Gasteiger partial charge < -0.3 is 14.2 Å². The minimum atomic E-state index is -1.06. The van der Waals surface area contributed by atoms with Crippen LogP contribution in [0.25, 0.3) is 0 Å². The Morgan fingerprint density at radius 2 is 1.49 bits per heavy atom. The van der Waals surface area contributed by atoms with Crippen molar-refractivity contribution in [1.82, 2.24) is 0 Å². The molecule has 0 radical (unpaired) electrons. The van der Waals surface area contributed by atoms with Gasteiger partial charge in [0, 0.05) is 25.9 Å². The monoisotopic (exact) mass is 490 g/mol. The molecular weight excluding hydrogens is 440 g/mol. The van der Waals surface area contributed by atoms with Crippen molar-refractivity contribution in [2.24, 2.45) is 46.8 Å². The smallest absolute Gasteiger partial charge is 0.318 e. The number of methoxy groups -OCH3 is 1. The number of ether oxygens (including phenoxy) is 3. The van der Waals surface area contributed by atoms with E-state index in [0.717, 1.165) is 25.7 Å². The van der Waals surface area contributed by atoms with Crippen LogP contribution in [0.15, 0.2) is 0 Å². The quantitative estimate of drug-likeness (QED) is 0.298. The number of rotatable bonds is 7. The summed E-state index contributed by atoms with van der Waals surface area (Å²) in [5.41, 5.74) is -1.01. The van der Waals surface area contributed by atoms with Gasteiger partial charge in [-0.25, -0.2) is 0 Å². The van der Waals surface area contributed by atoms with Gasteiger partial charge in [0.05, 0.1) is 6.10 Å². The number of carbonyl (C=O) groups excluding carboxylic acids is 2. The molecule has 4 aliphatic carbocycles. The molecule has 4 fully saturated rings. The molecule has 0 bridgehead atoms. The Labute approximate surface area is 213 Å². The molecule has 35 heavy (non-hydrogen) atoms. The Hall–Kier alpha value is -0.940. The maximum absolute atomic E-state index is 14.2. The second-order valence-corrected chi connectivity index (χ2v) is 13.3. The fourth-order valence-electron chi connectivity index (χ4n) is 8.08. The van der Waals surface area contributed by atoms with Gasteiger partial charge >= 0.3 is 5.97 Å². The molecule has 4 rings (SSSR count). The molecule has 0 unspecified atom stereocenters. The lowest BCUT2D eigenvalue weighted by molar-refractivity contribution is -0.378. The van der Waals surface area contributed by atoms with Crippen LogP contribution in [-0.4, -0.2) is 36.9 Å².